The van der Waals surface area contributed by atoms with E-state index in [1.54, 1.807) is 56.5 Å². The summed E-state index contributed by atoms with van der Waals surface area (Å²) in [6.07, 6.45) is 0. The topological polar surface area (TPSA) is 116 Å². The highest BCUT2D eigenvalue weighted by molar-refractivity contribution is 5.96. The zero-order valence-electron chi connectivity index (χ0n) is 18.0. The van der Waals surface area contributed by atoms with Crippen LogP contribution < -0.4 is 15.4 Å². The van der Waals surface area contributed by atoms with Crippen LogP contribution in [0.2, 0.25) is 0 Å². The van der Waals surface area contributed by atoms with Gasteiger partial charge in [-0.2, -0.15) is 0 Å². The molecule has 0 radical (unpaired) electrons. The Morgan fingerprint density at radius 3 is 2.48 bits per heavy atom. The number of nitrogens with one attached hydrogen (secondary N) is 2. The summed E-state index contributed by atoms with van der Waals surface area (Å²) >= 11 is 0. The maximum Gasteiger partial charge on any atom is 0.374 e. The van der Waals surface area contributed by atoms with Crippen LogP contribution in [0.25, 0.3) is 11.0 Å². The van der Waals surface area contributed by atoms with E-state index in [0.717, 1.165) is 5.39 Å². The molecule has 2 N–H and O–H groups in total. The molecule has 0 saturated heterocycles. The quantitative estimate of drug-likeness (QED) is 0.530. The van der Waals surface area contributed by atoms with Crippen molar-refractivity contribution < 1.29 is 33.0 Å². The Morgan fingerprint density at radius 1 is 1.03 bits per heavy atom. The van der Waals surface area contributed by atoms with Crippen LogP contribution >= 0.6 is 0 Å². The van der Waals surface area contributed by atoms with Gasteiger partial charge in [-0.25, -0.2) is 14.4 Å². The second-order valence-corrected chi connectivity index (χ2v) is 7.14. The number of methoxy groups -OCH3 is 1. The number of ether oxygens (including phenoxy) is 3. The van der Waals surface area contributed by atoms with Gasteiger partial charge in [-0.15, -0.1) is 0 Å². The van der Waals surface area contributed by atoms with Crippen LogP contribution in [0.15, 0.2) is 70.3 Å². The van der Waals surface area contributed by atoms with Crippen molar-refractivity contribution in [2.24, 2.45) is 0 Å². The largest absolute Gasteiger partial charge is 0.497 e. The summed E-state index contributed by atoms with van der Waals surface area (Å²) in [7, 11) is 1.54. The second kappa shape index (κ2) is 9.47. The maximum atomic E-state index is 12.8. The summed E-state index contributed by atoms with van der Waals surface area (Å²) in [6.45, 7) is 1.46. The molecule has 0 aliphatic carbocycles. The Morgan fingerprint density at radius 2 is 1.79 bits per heavy atom. The molecular weight excluding hydrogens is 428 g/mol. The molecule has 2 heterocycles. The van der Waals surface area contributed by atoms with Gasteiger partial charge in [0, 0.05) is 5.39 Å². The van der Waals surface area contributed by atoms with Gasteiger partial charge in [-0.05, 0) is 36.8 Å². The molecule has 33 heavy (non-hydrogen) atoms. The smallest absolute Gasteiger partial charge is 0.374 e. The van der Waals surface area contributed by atoms with E-state index in [9.17, 15) is 14.4 Å². The lowest BCUT2D eigenvalue weighted by atomic mass is 9.95. The van der Waals surface area contributed by atoms with Crippen LogP contribution in [0, 0.1) is 0 Å². The van der Waals surface area contributed by atoms with Gasteiger partial charge in [-0.1, -0.05) is 30.3 Å². The molecule has 1 unspecified atom stereocenters. The average Bonchev–Trinajstić information content (AvgIpc) is 3.27. The molecule has 0 spiro atoms. The highest BCUT2D eigenvalue weighted by atomic mass is 16.5. The fourth-order valence-electron chi connectivity index (χ4n) is 3.52. The fraction of sp³-hybridized carbons (Fsp3) is 0.208. The second-order valence-electron chi connectivity index (χ2n) is 7.14. The van der Waals surface area contributed by atoms with Crippen molar-refractivity contribution in [1.82, 2.24) is 10.6 Å². The van der Waals surface area contributed by atoms with Gasteiger partial charge in [0.15, 0.2) is 0 Å². The SMILES string of the molecule is CCOC(=O)C1=C(COC(=O)c2cc3ccccc3o2)NC(=O)NC1c1ccc(OC)cc1. The number of hydrogen-bond donors (Lipinski definition) is 2. The van der Waals surface area contributed by atoms with E-state index in [0.29, 0.717) is 16.9 Å². The molecule has 170 valence electrons. The first-order valence-electron chi connectivity index (χ1n) is 10.3. The van der Waals surface area contributed by atoms with Gasteiger partial charge in [0.1, 0.15) is 17.9 Å². The lowest BCUT2D eigenvalue weighted by Crippen LogP contribution is -2.47. The number of rotatable bonds is 7. The van der Waals surface area contributed by atoms with Crippen LogP contribution in [0.3, 0.4) is 0 Å². The number of esters is 2. The predicted molar refractivity (Wildman–Crippen MR) is 118 cm³/mol. The fourth-order valence-corrected chi connectivity index (χ4v) is 3.52. The summed E-state index contributed by atoms with van der Waals surface area (Å²) < 4.78 is 21.3. The van der Waals surface area contributed by atoms with E-state index < -0.39 is 24.0 Å². The van der Waals surface area contributed by atoms with Gasteiger partial charge in [0.25, 0.3) is 0 Å². The van der Waals surface area contributed by atoms with E-state index in [1.807, 2.05) is 12.1 Å². The van der Waals surface area contributed by atoms with Crippen molar-refractivity contribution in [3.63, 3.8) is 0 Å². The number of fused-ring (bicyclic) bond motifs is 1. The van der Waals surface area contributed by atoms with Crippen molar-refractivity contribution in [3.8, 4) is 5.75 Å². The predicted octanol–water partition coefficient (Wildman–Crippen LogP) is 3.47. The number of para-hydroxylation sites is 1. The Labute approximate surface area is 189 Å². The van der Waals surface area contributed by atoms with Crippen molar-refractivity contribution in [3.05, 3.63) is 77.2 Å². The zero-order valence-corrected chi connectivity index (χ0v) is 18.0. The van der Waals surface area contributed by atoms with Gasteiger partial charge >= 0.3 is 18.0 Å². The first kappa shape index (κ1) is 21.9. The molecule has 4 rings (SSSR count). The molecule has 3 aromatic rings. The lowest BCUT2D eigenvalue weighted by molar-refractivity contribution is -0.139. The monoisotopic (exact) mass is 450 g/mol. The molecule has 0 saturated carbocycles. The minimum Gasteiger partial charge on any atom is -0.497 e. The molecule has 1 aliphatic heterocycles. The number of furan rings is 1. The molecule has 1 atom stereocenters. The Kier molecular flexibility index (Phi) is 6.30. The van der Waals surface area contributed by atoms with Crippen molar-refractivity contribution in [2.75, 3.05) is 20.3 Å². The number of benzene rings is 2. The molecule has 1 aliphatic rings. The van der Waals surface area contributed by atoms with Gasteiger partial charge in [-0.3, -0.25) is 0 Å². The van der Waals surface area contributed by atoms with E-state index in [1.165, 1.54) is 0 Å². The third-order valence-corrected chi connectivity index (χ3v) is 5.07. The number of amides is 2. The minimum absolute atomic E-state index is 0.0152. The van der Waals surface area contributed by atoms with E-state index in [4.69, 9.17) is 18.6 Å². The first-order chi connectivity index (χ1) is 16.0. The lowest BCUT2D eigenvalue weighted by Gasteiger charge is -2.29. The Balaban J connectivity index is 1.62. The van der Waals surface area contributed by atoms with Crippen molar-refractivity contribution >= 4 is 28.9 Å². The number of carbonyl (C=O) groups excluding carboxylic acids is 3. The summed E-state index contributed by atoms with van der Waals surface area (Å²) in [5, 5.41) is 6.03. The minimum atomic E-state index is -0.802. The normalized spacial score (nSPS) is 15.6. The van der Waals surface area contributed by atoms with E-state index in [2.05, 4.69) is 10.6 Å². The van der Waals surface area contributed by atoms with Gasteiger partial charge in [0.05, 0.1) is 31.0 Å². The van der Waals surface area contributed by atoms with Gasteiger partial charge in [0.2, 0.25) is 5.76 Å². The highest BCUT2D eigenvalue weighted by Crippen LogP contribution is 2.29. The third kappa shape index (κ3) is 4.67. The Hall–Kier alpha value is -4.27. The standard InChI is InChI=1S/C24H22N2O7/c1-3-31-23(28)20-17(13-32-22(27)19-12-15-6-4-5-7-18(15)33-19)25-24(29)26-21(20)14-8-10-16(30-2)11-9-14/h4-12,21H,3,13H2,1-2H3,(H2,25,26,29). The molecule has 1 aromatic heterocycles. The van der Waals surface area contributed by atoms with Gasteiger partial charge < -0.3 is 29.3 Å². The summed E-state index contributed by atoms with van der Waals surface area (Å²) in [6, 6.07) is 14.3. The van der Waals surface area contributed by atoms with Crippen molar-refractivity contribution in [2.45, 2.75) is 13.0 Å². The summed E-state index contributed by atoms with van der Waals surface area (Å²) in [5.74, 6) is -0.724. The van der Waals surface area contributed by atoms with E-state index in [-0.39, 0.29) is 30.2 Å². The van der Waals surface area contributed by atoms with Crippen LogP contribution in [0.4, 0.5) is 4.79 Å². The van der Waals surface area contributed by atoms with E-state index >= 15 is 0 Å². The Bertz CT molecular complexity index is 1190. The first-order valence-corrected chi connectivity index (χ1v) is 10.3. The molecule has 2 aromatic carbocycles. The van der Waals surface area contributed by atoms with Crippen molar-refractivity contribution in [1.29, 1.82) is 0 Å². The van der Waals surface area contributed by atoms with Crippen LogP contribution in [0.5, 0.6) is 5.75 Å². The number of urea groups is 1. The number of hydrogen-bond acceptors (Lipinski definition) is 7. The van der Waals surface area contributed by atoms with Crippen LogP contribution in [-0.2, 0) is 14.3 Å². The zero-order chi connectivity index (χ0) is 23.4. The van der Waals surface area contributed by atoms with Crippen LogP contribution in [-0.4, -0.2) is 38.3 Å². The summed E-state index contributed by atoms with van der Waals surface area (Å²) in [5.41, 5.74) is 1.45. The molecule has 9 heteroatoms. The molecule has 2 amide bonds. The molecular formula is C24H22N2O7. The molecule has 9 nitrogen and oxygen atoms in total. The maximum absolute atomic E-state index is 12.8. The average molecular weight is 450 g/mol. The number of carbonyl (C=O) groups is 3. The highest BCUT2D eigenvalue weighted by Gasteiger charge is 2.34. The summed E-state index contributed by atoms with van der Waals surface area (Å²) in [4.78, 5) is 37.7. The molecule has 0 fully saturated rings. The third-order valence-electron chi connectivity index (χ3n) is 5.07. The van der Waals surface area contributed by atoms with Crippen LogP contribution in [0.1, 0.15) is 29.1 Å². The molecule has 0 bridgehead atoms.